The van der Waals surface area contributed by atoms with Crippen LogP contribution in [0, 0.1) is 0 Å². The lowest BCUT2D eigenvalue weighted by Crippen LogP contribution is -2.11. The highest BCUT2D eigenvalue weighted by molar-refractivity contribution is 9.10. The first-order valence-electron chi connectivity index (χ1n) is 8.41. The number of rotatable bonds is 7. The zero-order valence-corrected chi connectivity index (χ0v) is 16.8. The topological polar surface area (TPSA) is 51.2 Å². The van der Waals surface area contributed by atoms with Crippen LogP contribution in [0.25, 0.3) is 11.3 Å². The van der Waals surface area contributed by atoms with E-state index in [1.165, 1.54) is 11.3 Å². The van der Waals surface area contributed by atoms with Gasteiger partial charge in [-0.15, -0.1) is 11.3 Å². The highest BCUT2D eigenvalue weighted by Crippen LogP contribution is 2.27. The Labute approximate surface area is 165 Å². The average Bonchev–Trinajstić information content (AvgIpc) is 3.11. The van der Waals surface area contributed by atoms with Crippen LogP contribution in [0.1, 0.15) is 30.1 Å². The zero-order valence-electron chi connectivity index (χ0n) is 14.4. The van der Waals surface area contributed by atoms with E-state index in [-0.39, 0.29) is 5.91 Å². The molecule has 0 atom stereocenters. The molecular formula is C20H19BrN2O2S. The van der Waals surface area contributed by atoms with E-state index >= 15 is 0 Å². The molecule has 3 aromatic rings. The molecule has 0 saturated carbocycles. The molecule has 4 nitrogen and oxygen atoms in total. The normalized spacial score (nSPS) is 10.5. The standard InChI is InChI=1S/C20H19BrN2O2S/c1-2-3-12-25-17-10-6-14(7-11-17)18-13-26-20(22-18)23-19(24)15-4-8-16(21)9-5-15/h4-11,13H,2-3,12H2,1H3,(H,22,23,24). The number of unbranched alkanes of at least 4 members (excludes halogenated alkanes) is 1. The summed E-state index contributed by atoms with van der Waals surface area (Å²) in [6.45, 7) is 2.88. The minimum absolute atomic E-state index is 0.168. The highest BCUT2D eigenvalue weighted by atomic mass is 79.9. The first-order chi connectivity index (χ1) is 12.7. The molecule has 0 spiro atoms. The Kier molecular flexibility index (Phi) is 6.41. The lowest BCUT2D eigenvalue weighted by atomic mass is 10.2. The Hall–Kier alpha value is -2.18. The molecule has 26 heavy (non-hydrogen) atoms. The molecule has 0 fully saturated rings. The van der Waals surface area contributed by atoms with Gasteiger partial charge in [-0.25, -0.2) is 4.98 Å². The van der Waals surface area contributed by atoms with Crippen LogP contribution in [0.15, 0.2) is 58.4 Å². The van der Waals surface area contributed by atoms with Crippen LogP contribution >= 0.6 is 27.3 Å². The van der Waals surface area contributed by atoms with E-state index in [9.17, 15) is 4.79 Å². The van der Waals surface area contributed by atoms with Crippen molar-refractivity contribution < 1.29 is 9.53 Å². The molecule has 0 saturated heterocycles. The van der Waals surface area contributed by atoms with Crippen LogP contribution in [0.4, 0.5) is 5.13 Å². The summed E-state index contributed by atoms with van der Waals surface area (Å²) >= 11 is 4.77. The Morgan fingerprint density at radius 1 is 1.15 bits per heavy atom. The van der Waals surface area contributed by atoms with E-state index in [2.05, 4.69) is 33.2 Å². The fourth-order valence-corrected chi connectivity index (χ4v) is 3.27. The molecule has 1 heterocycles. The number of halogens is 1. The molecular weight excluding hydrogens is 412 g/mol. The van der Waals surface area contributed by atoms with Gasteiger partial charge in [0.2, 0.25) is 0 Å². The van der Waals surface area contributed by atoms with Gasteiger partial charge in [-0.2, -0.15) is 0 Å². The maximum Gasteiger partial charge on any atom is 0.257 e. The molecule has 0 aliphatic rings. The van der Waals surface area contributed by atoms with Gasteiger partial charge in [-0.05, 0) is 55.0 Å². The first-order valence-corrected chi connectivity index (χ1v) is 10.1. The molecule has 0 aliphatic heterocycles. The van der Waals surface area contributed by atoms with Crippen molar-refractivity contribution in [2.75, 3.05) is 11.9 Å². The molecule has 3 rings (SSSR count). The van der Waals surface area contributed by atoms with E-state index in [0.29, 0.717) is 10.7 Å². The number of aromatic nitrogens is 1. The first kappa shape index (κ1) is 18.6. The van der Waals surface area contributed by atoms with Crippen molar-refractivity contribution >= 4 is 38.3 Å². The van der Waals surface area contributed by atoms with Crippen molar-refractivity contribution in [1.29, 1.82) is 0 Å². The van der Waals surface area contributed by atoms with Crippen LogP contribution in [-0.4, -0.2) is 17.5 Å². The maximum absolute atomic E-state index is 12.3. The second-order valence-corrected chi connectivity index (χ2v) is 7.50. The lowest BCUT2D eigenvalue weighted by Gasteiger charge is -2.05. The van der Waals surface area contributed by atoms with E-state index in [1.807, 2.05) is 41.8 Å². The summed E-state index contributed by atoms with van der Waals surface area (Å²) in [5, 5.41) is 5.36. The third-order valence-corrected chi connectivity index (χ3v) is 5.03. The third-order valence-electron chi connectivity index (χ3n) is 3.75. The van der Waals surface area contributed by atoms with Crippen LogP contribution in [0.3, 0.4) is 0 Å². The number of ether oxygens (including phenoxy) is 1. The van der Waals surface area contributed by atoms with E-state index < -0.39 is 0 Å². The van der Waals surface area contributed by atoms with E-state index in [4.69, 9.17) is 4.74 Å². The van der Waals surface area contributed by atoms with Gasteiger partial charge in [0, 0.05) is 21.0 Å². The van der Waals surface area contributed by atoms with Crippen LogP contribution < -0.4 is 10.1 Å². The molecule has 0 bridgehead atoms. The van der Waals surface area contributed by atoms with Gasteiger partial charge in [0.1, 0.15) is 5.75 Å². The molecule has 0 unspecified atom stereocenters. The van der Waals surface area contributed by atoms with Crippen molar-refractivity contribution in [1.82, 2.24) is 4.98 Å². The summed E-state index contributed by atoms with van der Waals surface area (Å²) < 4.78 is 6.61. The lowest BCUT2D eigenvalue weighted by molar-refractivity contribution is 0.102. The molecule has 1 aromatic heterocycles. The second kappa shape index (κ2) is 8.96. The maximum atomic E-state index is 12.3. The number of carbonyl (C=O) groups is 1. The number of benzene rings is 2. The van der Waals surface area contributed by atoms with Crippen LogP contribution in [0.2, 0.25) is 0 Å². The van der Waals surface area contributed by atoms with Crippen molar-refractivity contribution in [2.24, 2.45) is 0 Å². The van der Waals surface area contributed by atoms with Gasteiger partial charge in [0.25, 0.3) is 5.91 Å². The van der Waals surface area contributed by atoms with Crippen molar-refractivity contribution in [3.63, 3.8) is 0 Å². The fourth-order valence-electron chi connectivity index (χ4n) is 2.29. The summed E-state index contributed by atoms with van der Waals surface area (Å²) in [4.78, 5) is 16.8. The molecule has 0 aliphatic carbocycles. The molecule has 2 aromatic carbocycles. The van der Waals surface area contributed by atoms with Gasteiger partial charge in [-0.3, -0.25) is 10.1 Å². The van der Waals surface area contributed by atoms with Gasteiger partial charge >= 0.3 is 0 Å². The number of hydrogen-bond donors (Lipinski definition) is 1. The SMILES string of the molecule is CCCCOc1ccc(-c2csc(NC(=O)c3ccc(Br)cc3)n2)cc1. The molecule has 1 amide bonds. The van der Waals surface area contributed by atoms with E-state index in [1.54, 1.807) is 12.1 Å². The summed E-state index contributed by atoms with van der Waals surface area (Å²) in [5.41, 5.74) is 2.42. The predicted molar refractivity (Wildman–Crippen MR) is 110 cm³/mol. The molecule has 6 heteroatoms. The smallest absolute Gasteiger partial charge is 0.257 e. The summed E-state index contributed by atoms with van der Waals surface area (Å²) in [6, 6.07) is 15.1. The van der Waals surface area contributed by atoms with Gasteiger partial charge in [-0.1, -0.05) is 29.3 Å². The Morgan fingerprint density at radius 3 is 2.58 bits per heavy atom. The molecule has 1 N–H and O–H groups in total. The average molecular weight is 431 g/mol. The number of carbonyl (C=O) groups excluding carboxylic acids is 1. The summed E-state index contributed by atoms with van der Waals surface area (Å²) in [7, 11) is 0. The zero-order chi connectivity index (χ0) is 18.4. The minimum atomic E-state index is -0.168. The highest BCUT2D eigenvalue weighted by Gasteiger charge is 2.10. The number of hydrogen-bond acceptors (Lipinski definition) is 4. The quantitative estimate of drug-likeness (QED) is 0.467. The predicted octanol–water partition coefficient (Wildman–Crippen LogP) is 6.00. The summed E-state index contributed by atoms with van der Waals surface area (Å²) in [6.07, 6.45) is 2.17. The molecule has 134 valence electrons. The number of amides is 1. The Balaban J connectivity index is 1.63. The number of nitrogens with one attached hydrogen (secondary N) is 1. The van der Waals surface area contributed by atoms with Crippen molar-refractivity contribution in [3.8, 4) is 17.0 Å². The monoisotopic (exact) mass is 430 g/mol. The minimum Gasteiger partial charge on any atom is -0.494 e. The van der Waals surface area contributed by atoms with Crippen molar-refractivity contribution in [2.45, 2.75) is 19.8 Å². The van der Waals surface area contributed by atoms with Crippen LogP contribution in [0.5, 0.6) is 5.75 Å². The Morgan fingerprint density at radius 2 is 1.88 bits per heavy atom. The van der Waals surface area contributed by atoms with Crippen molar-refractivity contribution in [3.05, 3.63) is 63.9 Å². The van der Waals surface area contributed by atoms with Crippen LogP contribution in [-0.2, 0) is 0 Å². The Bertz CT molecular complexity index is 860. The third kappa shape index (κ3) is 4.93. The van der Waals surface area contributed by atoms with E-state index in [0.717, 1.165) is 40.9 Å². The fraction of sp³-hybridized carbons (Fsp3) is 0.200. The molecule has 0 radical (unpaired) electrons. The van der Waals surface area contributed by atoms with Gasteiger partial charge < -0.3 is 4.74 Å². The van der Waals surface area contributed by atoms with Gasteiger partial charge in [0.05, 0.1) is 12.3 Å². The summed E-state index contributed by atoms with van der Waals surface area (Å²) in [5.74, 6) is 0.694. The second-order valence-electron chi connectivity index (χ2n) is 5.73. The number of nitrogens with zero attached hydrogens (tertiary/aromatic N) is 1. The number of thiazole rings is 1. The number of anilines is 1. The largest absolute Gasteiger partial charge is 0.494 e. The van der Waals surface area contributed by atoms with Gasteiger partial charge in [0.15, 0.2) is 5.13 Å².